The molecule has 0 bridgehead atoms. The average molecular weight is 317 g/mol. The van der Waals surface area contributed by atoms with Gasteiger partial charge in [-0.3, -0.25) is 9.62 Å². The molecule has 0 aliphatic carbocycles. The van der Waals surface area contributed by atoms with Gasteiger partial charge < -0.3 is 15.5 Å². The molecule has 1 saturated heterocycles. The van der Waals surface area contributed by atoms with Gasteiger partial charge in [-0.2, -0.15) is 0 Å². The van der Waals surface area contributed by atoms with Gasteiger partial charge in [0.1, 0.15) is 12.4 Å². The molecule has 2 rings (SSSR count). The minimum absolute atomic E-state index is 0. The van der Waals surface area contributed by atoms with Gasteiger partial charge >= 0.3 is 0 Å². The highest BCUT2D eigenvalue weighted by molar-refractivity contribution is 7.92. The number of benzene rings is 1. The molecule has 1 aliphatic rings. The summed E-state index contributed by atoms with van der Waals surface area (Å²) < 4.78 is 30.2. The Labute approximate surface area is 125 Å². The van der Waals surface area contributed by atoms with Gasteiger partial charge in [-0.25, -0.2) is 8.42 Å². The van der Waals surface area contributed by atoms with Crippen molar-refractivity contribution in [1.29, 1.82) is 0 Å². The quantitative estimate of drug-likeness (QED) is 0.737. The third kappa shape index (κ3) is 6.76. The van der Waals surface area contributed by atoms with E-state index < -0.39 is 10.0 Å². The number of rotatable bonds is 6. The van der Waals surface area contributed by atoms with Crippen LogP contribution in [-0.2, 0) is 10.0 Å². The van der Waals surface area contributed by atoms with E-state index in [0.717, 1.165) is 44.7 Å². The highest BCUT2D eigenvalue weighted by atomic mass is 32.2. The molecule has 1 fully saturated rings. The molecule has 8 heteroatoms. The first-order valence-corrected chi connectivity index (χ1v) is 8.56. The maximum atomic E-state index is 11.1. The van der Waals surface area contributed by atoms with Crippen LogP contribution < -0.4 is 14.8 Å². The van der Waals surface area contributed by atoms with Gasteiger partial charge in [0.05, 0.1) is 6.26 Å². The Morgan fingerprint density at radius 1 is 1.24 bits per heavy atom. The smallest absolute Gasteiger partial charge is 0.229 e. The summed E-state index contributed by atoms with van der Waals surface area (Å²) in [6, 6.07) is 6.93. The second kappa shape index (κ2) is 8.18. The zero-order valence-corrected chi connectivity index (χ0v) is 12.9. The molecular weight excluding hydrogens is 294 g/mol. The highest BCUT2D eigenvalue weighted by Crippen LogP contribution is 2.16. The summed E-state index contributed by atoms with van der Waals surface area (Å²) >= 11 is 0. The molecular formula is C13H23N3O4S. The van der Waals surface area contributed by atoms with E-state index in [1.165, 1.54) is 0 Å². The van der Waals surface area contributed by atoms with Crippen LogP contribution in [0.4, 0.5) is 5.69 Å². The monoisotopic (exact) mass is 317 g/mol. The van der Waals surface area contributed by atoms with E-state index in [1.54, 1.807) is 24.3 Å². The summed E-state index contributed by atoms with van der Waals surface area (Å²) in [5.74, 6) is 0.749. The van der Waals surface area contributed by atoms with E-state index in [0.29, 0.717) is 12.3 Å². The predicted octanol–water partition coefficient (Wildman–Crippen LogP) is -0.483. The highest BCUT2D eigenvalue weighted by Gasteiger charge is 2.08. The van der Waals surface area contributed by atoms with Crippen molar-refractivity contribution in [2.24, 2.45) is 0 Å². The molecule has 21 heavy (non-hydrogen) atoms. The minimum Gasteiger partial charge on any atom is -0.492 e. The van der Waals surface area contributed by atoms with E-state index in [9.17, 15) is 8.42 Å². The maximum absolute atomic E-state index is 11.1. The number of hydrogen-bond donors (Lipinski definition) is 2. The lowest BCUT2D eigenvalue weighted by Crippen LogP contribution is -2.44. The van der Waals surface area contributed by atoms with E-state index in [2.05, 4.69) is 14.9 Å². The molecule has 4 N–H and O–H groups in total. The van der Waals surface area contributed by atoms with Crippen molar-refractivity contribution in [3.8, 4) is 5.75 Å². The molecule has 0 saturated carbocycles. The summed E-state index contributed by atoms with van der Waals surface area (Å²) in [7, 11) is -3.22. The first-order chi connectivity index (χ1) is 9.53. The Balaban J connectivity index is 0.00000220. The Bertz CT molecular complexity index is 513. The molecule has 1 aromatic rings. The van der Waals surface area contributed by atoms with Crippen LogP contribution in [-0.4, -0.2) is 64.4 Å². The number of piperazine rings is 1. The van der Waals surface area contributed by atoms with Crippen LogP contribution in [0.2, 0.25) is 0 Å². The van der Waals surface area contributed by atoms with Gasteiger partial charge in [-0.1, -0.05) is 0 Å². The molecule has 1 aromatic carbocycles. The fourth-order valence-electron chi connectivity index (χ4n) is 2.06. The fourth-order valence-corrected chi connectivity index (χ4v) is 2.62. The summed E-state index contributed by atoms with van der Waals surface area (Å²) in [6.07, 6.45) is 1.13. The molecule has 0 atom stereocenters. The normalized spacial score (nSPS) is 16.0. The number of anilines is 1. The van der Waals surface area contributed by atoms with E-state index in [4.69, 9.17) is 4.74 Å². The first-order valence-electron chi connectivity index (χ1n) is 6.67. The predicted molar refractivity (Wildman–Crippen MR) is 83.3 cm³/mol. The van der Waals surface area contributed by atoms with Crippen molar-refractivity contribution in [2.45, 2.75) is 0 Å². The van der Waals surface area contributed by atoms with Gasteiger partial charge in [-0.05, 0) is 24.3 Å². The van der Waals surface area contributed by atoms with Gasteiger partial charge in [-0.15, -0.1) is 0 Å². The molecule has 0 unspecified atom stereocenters. The molecule has 1 heterocycles. The Morgan fingerprint density at radius 3 is 2.43 bits per heavy atom. The Kier molecular flexibility index (Phi) is 6.90. The number of sulfonamides is 1. The van der Waals surface area contributed by atoms with E-state index in [-0.39, 0.29) is 5.48 Å². The van der Waals surface area contributed by atoms with Gasteiger partial charge in [0.2, 0.25) is 10.0 Å². The second-order valence-corrected chi connectivity index (χ2v) is 6.59. The van der Waals surface area contributed by atoms with Crippen molar-refractivity contribution in [3.05, 3.63) is 24.3 Å². The summed E-state index contributed by atoms with van der Waals surface area (Å²) in [6.45, 7) is 5.72. The van der Waals surface area contributed by atoms with Crippen LogP contribution in [0.1, 0.15) is 0 Å². The minimum atomic E-state index is -3.22. The Hall–Kier alpha value is -1.35. The summed E-state index contributed by atoms with van der Waals surface area (Å²) in [5, 5.41) is 3.31. The number of ether oxygens (including phenoxy) is 1. The number of nitrogens with one attached hydrogen (secondary N) is 2. The molecule has 1 aliphatic heterocycles. The molecule has 7 nitrogen and oxygen atoms in total. The average Bonchev–Trinajstić information content (AvgIpc) is 2.40. The standard InChI is InChI=1S/C13H21N3O3S.H2O/c1-20(17,18)15-12-2-4-13(5-3-12)19-11-10-16-8-6-14-7-9-16;/h2-5,14-15H,6-11H2,1H3;1H2. The molecule has 0 amide bonds. The molecule has 0 radical (unpaired) electrons. The van der Waals surface area contributed by atoms with Gasteiger partial charge in [0.25, 0.3) is 0 Å². The Morgan fingerprint density at radius 2 is 1.86 bits per heavy atom. The lowest BCUT2D eigenvalue weighted by atomic mass is 10.3. The topological polar surface area (TPSA) is 102 Å². The van der Waals surface area contributed by atoms with Crippen LogP contribution in [0.15, 0.2) is 24.3 Å². The summed E-state index contributed by atoms with van der Waals surface area (Å²) in [4.78, 5) is 2.36. The van der Waals surface area contributed by atoms with Crippen LogP contribution in [0.5, 0.6) is 5.75 Å². The first kappa shape index (κ1) is 17.7. The molecule has 0 aromatic heterocycles. The second-order valence-electron chi connectivity index (χ2n) is 4.84. The van der Waals surface area contributed by atoms with Gasteiger partial charge in [0, 0.05) is 38.4 Å². The number of nitrogens with zero attached hydrogens (tertiary/aromatic N) is 1. The van der Waals surface area contributed by atoms with Crippen LogP contribution >= 0.6 is 0 Å². The third-order valence-corrected chi connectivity index (χ3v) is 3.65. The van der Waals surface area contributed by atoms with Crippen molar-refractivity contribution in [3.63, 3.8) is 0 Å². The van der Waals surface area contributed by atoms with Crippen molar-refractivity contribution >= 4 is 15.7 Å². The zero-order valence-electron chi connectivity index (χ0n) is 12.1. The zero-order chi connectivity index (χ0) is 14.4. The lowest BCUT2D eigenvalue weighted by molar-refractivity contribution is 0.191. The van der Waals surface area contributed by atoms with Crippen molar-refractivity contribution in [2.75, 3.05) is 50.3 Å². The van der Waals surface area contributed by atoms with Gasteiger partial charge in [0.15, 0.2) is 0 Å². The lowest BCUT2D eigenvalue weighted by Gasteiger charge is -2.26. The van der Waals surface area contributed by atoms with E-state index >= 15 is 0 Å². The SMILES string of the molecule is CS(=O)(=O)Nc1ccc(OCCN2CCNCC2)cc1.O. The third-order valence-electron chi connectivity index (χ3n) is 3.04. The van der Waals surface area contributed by atoms with Crippen LogP contribution in [0.25, 0.3) is 0 Å². The van der Waals surface area contributed by atoms with E-state index in [1.807, 2.05) is 0 Å². The van der Waals surface area contributed by atoms with Crippen molar-refractivity contribution in [1.82, 2.24) is 10.2 Å². The van der Waals surface area contributed by atoms with Crippen LogP contribution in [0, 0.1) is 0 Å². The fraction of sp³-hybridized carbons (Fsp3) is 0.538. The molecule has 0 spiro atoms. The summed E-state index contributed by atoms with van der Waals surface area (Å²) in [5.41, 5.74) is 0.543. The molecule has 120 valence electrons. The van der Waals surface area contributed by atoms with Crippen LogP contribution in [0.3, 0.4) is 0 Å². The van der Waals surface area contributed by atoms with Crippen molar-refractivity contribution < 1.29 is 18.6 Å². The largest absolute Gasteiger partial charge is 0.492 e. The number of hydrogen-bond acceptors (Lipinski definition) is 5. The maximum Gasteiger partial charge on any atom is 0.229 e.